The fraction of sp³-hybridized carbons (Fsp3) is 0.296. The largest absolute Gasteiger partial charge is 0.497 e. The van der Waals surface area contributed by atoms with E-state index in [9.17, 15) is 4.79 Å². The predicted molar refractivity (Wildman–Crippen MR) is 123 cm³/mol. The zero-order valence-electron chi connectivity index (χ0n) is 18.0. The Morgan fingerprint density at radius 2 is 1.55 bits per heavy atom. The zero-order valence-corrected chi connectivity index (χ0v) is 18.0. The number of carbonyl (C=O) groups is 1. The van der Waals surface area contributed by atoms with Crippen molar-refractivity contribution < 1.29 is 9.53 Å². The summed E-state index contributed by atoms with van der Waals surface area (Å²) >= 11 is 0. The molecule has 3 aromatic carbocycles. The van der Waals surface area contributed by atoms with Gasteiger partial charge < -0.3 is 10.5 Å². The van der Waals surface area contributed by atoms with Crippen LogP contribution in [0.1, 0.15) is 23.1 Å². The molecule has 0 spiro atoms. The lowest BCUT2D eigenvalue weighted by molar-refractivity contribution is -0.123. The Labute approximate surface area is 184 Å². The van der Waals surface area contributed by atoms with E-state index in [2.05, 4.69) is 53.4 Å². The molecule has 2 N–H and O–H groups in total. The summed E-state index contributed by atoms with van der Waals surface area (Å²) in [6.07, 6.45) is 1.56. The number of rotatable bonds is 10. The van der Waals surface area contributed by atoms with Crippen LogP contribution in [0.3, 0.4) is 0 Å². The second kappa shape index (κ2) is 9.36. The van der Waals surface area contributed by atoms with Crippen molar-refractivity contribution in [3.8, 4) is 5.75 Å². The molecule has 1 aliphatic carbocycles. The van der Waals surface area contributed by atoms with Gasteiger partial charge in [0.2, 0.25) is 5.91 Å². The minimum atomic E-state index is -0.440. The summed E-state index contributed by atoms with van der Waals surface area (Å²) in [5.41, 5.74) is 9.11. The third-order valence-corrected chi connectivity index (χ3v) is 6.35. The second-order valence-corrected chi connectivity index (χ2v) is 8.59. The molecule has 1 saturated carbocycles. The van der Waals surface area contributed by atoms with Crippen LogP contribution in [0.25, 0.3) is 0 Å². The highest BCUT2D eigenvalue weighted by Crippen LogP contribution is 2.55. The van der Waals surface area contributed by atoms with Crippen LogP contribution in [0.4, 0.5) is 0 Å². The van der Waals surface area contributed by atoms with Crippen LogP contribution in [-0.2, 0) is 24.3 Å². The number of amides is 1. The second-order valence-electron chi connectivity index (χ2n) is 8.59. The number of ether oxygens (including phenoxy) is 1. The van der Waals surface area contributed by atoms with Gasteiger partial charge >= 0.3 is 0 Å². The summed E-state index contributed by atoms with van der Waals surface area (Å²) in [6, 6.07) is 28.9. The van der Waals surface area contributed by atoms with Crippen molar-refractivity contribution >= 4 is 5.91 Å². The third-order valence-electron chi connectivity index (χ3n) is 6.35. The zero-order chi connectivity index (χ0) is 21.7. The molecule has 1 amide bonds. The molecule has 0 unspecified atom stereocenters. The maximum absolute atomic E-state index is 12.5. The van der Waals surface area contributed by atoms with Crippen LogP contribution in [-0.4, -0.2) is 24.5 Å². The van der Waals surface area contributed by atoms with Gasteiger partial charge in [0.1, 0.15) is 5.75 Å². The molecule has 0 aromatic heterocycles. The number of nitrogens with two attached hydrogens (primary N) is 1. The molecule has 0 radical (unpaired) electrons. The van der Waals surface area contributed by atoms with Crippen molar-refractivity contribution in [2.45, 2.75) is 25.9 Å². The van der Waals surface area contributed by atoms with Gasteiger partial charge in [0.25, 0.3) is 0 Å². The van der Waals surface area contributed by atoms with E-state index in [0.717, 1.165) is 31.8 Å². The first-order valence-corrected chi connectivity index (χ1v) is 10.8. The lowest BCUT2D eigenvalue weighted by Crippen LogP contribution is -2.33. The Hall–Kier alpha value is -3.11. The molecule has 31 heavy (non-hydrogen) atoms. The molecule has 4 nitrogen and oxygen atoms in total. The van der Waals surface area contributed by atoms with E-state index >= 15 is 0 Å². The molecule has 1 aliphatic rings. The first kappa shape index (κ1) is 21.1. The Bertz CT molecular complexity index is 1010. The molecule has 4 heteroatoms. The fourth-order valence-corrected chi connectivity index (χ4v) is 4.55. The highest BCUT2D eigenvalue weighted by Gasteiger charge is 2.58. The van der Waals surface area contributed by atoms with Crippen LogP contribution in [0.15, 0.2) is 84.9 Å². The van der Waals surface area contributed by atoms with Crippen LogP contribution in [0.5, 0.6) is 5.75 Å². The third kappa shape index (κ3) is 5.15. The van der Waals surface area contributed by atoms with E-state index in [1.165, 1.54) is 16.7 Å². The first-order valence-electron chi connectivity index (χ1n) is 10.8. The minimum absolute atomic E-state index is 0.178. The normalized spacial score (nSPS) is 19.9. The molecule has 0 heterocycles. The van der Waals surface area contributed by atoms with Gasteiger partial charge in [0.15, 0.2) is 0 Å². The van der Waals surface area contributed by atoms with Crippen molar-refractivity contribution in [3.63, 3.8) is 0 Å². The first-order chi connectivity index (χ1) is 15.1. The number of carbonyl (C=O) groups excluding carboxylic acids is 1. The summed E-state index contributed by atoms with van der Waals surface area (Å²) in [5, 5.41) is 0. The monoisotopic (exact) mass is 414 g/mol. The highest BCUT2D eigenvalue weighted by molar-refractivity contribution is 5.84. The smallest absolute Gasteiger partial charge is 0.224 e. The van der Waals surface area contributed by atoms with Gasteiger partial charge in [0, 0.05) is 19.6 Å². The lowest BCUT2D eigenvalue weighted by Gasteiger charge is -2.24. The molecular formula is C27H30N2O2. The molecule has 2 atom stereocenters. The summed E-state index contributed by atoms with van der Waals surface area (Å²) < 4.78 is 5.40. The Morgan fingerprint density at radius 3 is 2.19 bits per heavy atom. The molecule has 0 bridgehead atoms. The molecule has 1 fully saturated rings. The minimum Gasteiger partial charge on any atom is -0.497 e. The van der Waals surface area contributed by atoms with Gasteiger partial charge in [0.05, 0.1) is 12.5 Å². The van der Waals surface area contributed by atoms with E-state index < -0.39 is 5.41 Å². The van der Waals surface area contributed by atoms with Crippen LogP contribution in [0, 0.1) is 11.3 Å². The Kier molecular flexibility index (Phi) is 6.38. The summed E-state index contributed by atoms with van der Waals surface area (Å²) in [7, 11) is 1.69. The van der Waals surface area contributed by atoms with Crippen molar-refractivity contribution in [2.75, 3.05) is 13.7 Å². The van der Waals surface area contributed by atoms with Gasteiger partial charge in [-0.3, -0.25) is 9.69 Å². The van der Waals surface area contributed by atoms with E-state index in [4.69, 9.17) is 10.5 Å². The lowest BCUT2D eigenvalue weighted by atomic mass is 9.93. The number of primary amides is 1. The van der Waals surface area contributed by atoms with Gasteiger partial charge in [-0.2, -0.15) is 0 Å². The van der Waals surface area contributed by atoms with Crippen LogP contribution < -0.4 is 10.5 Å². The number of methoxy groups -OCH3 is 1. The van der Waals surface area contributed by atoms with Gasteiger partial charge in [-0.1, -0.05) is 72.8 Å². The Morgan fingerprint density at radius 1 is 0.935 bits per heavy atom. The average Bonchev–Trinajstić information content (AvgIpc) is 3.48. The van der Waals surface area contributed by atoms with Crippen molar-refractivity contribution in [1.82, 2.24) is 4.90 Å². The van der Waals surface area contributed by atoms with Gasteiger partial charge in [-0.05, 0) is 47.6 Å². The molecule has 3 aromatic rings. The average molecular weight is 415 g/mol. The maximum atomic E-state index is 12.5. The number of hydrogen-bond acceptors (Lipinski definition) is 3. The predicted octanol–water partition coefficient (Wildman–Crippen LogP) is 4.43. The maximum Gasteiger partial charge on any atom is 0.224 e. The standard InChI is InChI=1S/C27H30N2O2/c1-31-25-14-8-13-23(15-25)19-29(18-22-11-6-3-7-12-22)20-24-17-27(24,26(28)30)16-21-9-4-2-5-10-21/h2-15,24H,16-20H2,1H3,(H2,28,30)/t24-,27-/m1/s1. The topological polar surface area (TPSA) is 55.6 Å². The van der Waals surface area contributed by atoms with E-state index in [0.29, 0.717) is 6.42 Å². The number of benzene rings is 3. The summed E-state index contributed by atoms with van der Waals surface area (Å²) in [5.74, 6) is 0.945. The van der Waals surface area contributed by atoms with Crippen molar-refractivity contribution in [2.24, 2.45) is 17.1 Å². The van der Waals surface area contributed by atoms with E-state index in [-0.39, 0.29) is 11.8 Å². The molecule has 0 saturated heterocycles. The van der Waals surface area contributed by atoms with Gasteiger partial charge in [-0.15, -0.1) is 0 Å². The molecule has 0 aliphatic heterocycles. The van der Waals surface area contributed by atoms with E-state index in [1.54, 1.807) is 7.11 Å². The van der Waals surface area contributed by atoms with Crippen molar-refractivity contribution in [1.29, 1.82) is 0 Å². The number of nitrogens with zero attached hydrogens (tertiary/aromatic N) is 1. The fourth-order valence-electron chi connectivity index (χ4n) is 4.55. The van der Waals surface area contributed by atoms with Crippen LogP contribution >= 0.6 is 0 Å². The molecular weight excluding hydrogens is 384 g/mol. The highest BCUT2D eigenvalue weighted by atomic mass is 16.5. The van der Waals surface area contributed by atoms with E-state index in [1.807, 2.05) is 36.4 Å². The van der Waals surface area contributed by atoms with Crippen molar-refractivity contribution in [3.05, 3.63) is 102 Å². The summed E-state index contributed by atoms with van der Waals surface area (Å²) in [6.45, 7) is 2.46. The SMILES string of the molecule is COc1cccc(CN(Cc2ccccc2)C[C@H]2C[C@@]2(Cc2ccccc2)C(N)=O)c1. The summed E-state index contributed by atoms with van der Waals surface area (Å²) in [4.78, 5) is 14.9. The quantitative estimate of drug-likeness (QED) is 0.534. The number of hydrogen-bond donors (Lipinski definition) is 1. The molecule has 4 rings (SSSR count). The van der Waals surface area contributed by atoms with Crippen LogP contribution in [0.2, 0.25) is 0 Å². The molecule has 160 valence electrons. The van der Waals surface area contributed by atoms with Gasteiger partial charge in [-0.25, -0.2) is 0 Å². The Balaban J connectivity index is 1.51.